The molecule has 3 nitrogen and oxygen atoms in total. The van der Waals surface area contributed by atoms with Gasteiger partial charge in [0.05, 0.1) is 12.8 Å². The van der Waals surface area contributed by atoms with E-state index in [2.05, 4.69) is 47.4 Å². The van der Waals surface area contributed by atoms with Crippen molar-refractivity contribution in [3.63, 3.8) is 0 Å². The van der Waals surface area contributed by atoms with Gasteiger partial charge in [-0.05, 0) is 49.1 Å². The van der Waals surface area contributed by atoms with Crippen molar-refractivity contribution in [2.75, 3.05) is 25.1 Å². The van der Waals surface area contributed by atoms with Gasteiger partial charge < -0.3 is 9.64 Å². The number of rotatable bonds is 5. The van der Waals surface area contributed by atoms with Gasteiger partial charge in [0.1, 0.15) is 5.75 Å². The number of thiazole rings is 1. The van der Waals surface area contributed by atoms with Crippen LogP contribution in [0.3, 0.4) is 0 Å². The number of methoxy groups -OCH3 is 1. The third-order valence-electron chi connectivity index (χ3n) is 4.88. The third-order valence-corrected chi connectivity index (χ3v) is 6.00. The second-order valence-electron chi connectivity index (χ2n) is 6.71. The maximum Gasteiger partial charge on any atom is 0.186 e. The lowest BCUT2D eigenvalue weighted by Gasteiger charge is -2.25. The molecule has 0 aliphatic carbocycles. The summed E-state index contributed by atoms with van der Waals surface area (Å²) < 4.78 is 5.31. The molecule has 0 radical (unpaired) electrons. The van der Waals surface area contributed by atoms with Gasteiger partial charge in [0, 0.05) is 30.0 Å². The molecule has 3 aromatic rings. The molecule has 2 aromatic carbocycles. The van der Waals surface area contributed by atoms with Crippen molar-refractivity contribution in [1.82, 2.24) is 4.98 Å². The summed E-state index contributed by atoms with van der Waals surface area (Å²) in [7, 11) is 1.70. The molecule has 1 fully saturated rings. The minimum atomic E-state index is 0.879. The van der Waals surface area contributed by atoms with Crippen molar-refractivity contribution in [2.45, 2.75) is 25.7 Å². The number of nitrogens with zero attached hydrogens (tertiary/aromatic N) is 2. The van der Waals surface area contributed by atoms with E-state index in [9.17, 15) is 0 Å². The van der Waals surface area contributed by atoms with Crippen LogP contribution in [-0.4, -0.2) is 25.2 Å². The third kappa shape index (κ3) is 3.75. The minimum Gasteiger partial charge on any atom is -0.497 e. The molecule has 0 unspecified atom stereocenters. The van der Waals surface area contributed by atoms with Crippen LogP contribution in [0.5, 0.6) is 5.75 Å². The van der Waals surface area contributed by atoms with Crippen LogP contribution in [0.1, 0.15) is 29.7 Å². The standard InChI is InChI=1S/C22H24N2OS/c1-25-19-12-10-18(11-13-19)21-20(16-17-8-4-2-5-9-17)26-22(23-21)24-14-6-3-7-15-24/h2,4-5,8-13H,3,6-7,14-16H2,1H3. The van der Waals surface area contributed by atoms with Gasteiger partial charge in [-0.3, -0.25) is 0 Å². The SMILES string of the molecule is COc1ccc(-c2nc(N3CCCCC3)sc2Cc2ccccc2)cc1. The second-order valence-corrected chi connectivity index (χ2v) is 7.77. The van der Waals surface area contributed by atoms with Crippen molar-refractivity contribution in [3.05, 3.63) is 65.0 Å². The van der Waals surface area contributed by atoms with Crippen LogP contribution in [0.15, 0.2) is 54.6 Å². The zero-order valence-electron chi connectivity index (χ0n) is 15.1. The highest BCUT2D eigenvalue weighted by molar-refractivity contribution is 7.16. The van der Waals surface area contributed by atoms with E-state index in [0.29, 0.717) is 0 Å². The predicted molar refractivity (Wildman–Crippen MR) is 109 cm³/mol. The summed E-state index contributed by atoms with van der Waals surface area (Å²) in [6.07, 6.45) is 4.80. The van der Waals surface area contributed by atoms with E-state index in [0.717, 1.165) is 36.5 Å². The Bertz CT molecular complexity index is 836. The molecule has 26 heavy (non-hydrogen) atoms. The average molecular weight is 365 g/mol. The molecule has 1 aromatic heterocycles. The molecule has 4 rings (SSSR count). The zero-order valence-corrected chi connectivity index (χ0v) is 16.0. The van der Waals surface area contributed by atoms with E-state index in [1.807, 2.05) is 23.5 Å². The van der Waals surface area contributed by atoms with Gasteiger partial charge in [-0.15, -0.1) is 11.3 Å². The smallest absolute Gasteiger partial charge is 0.186 e. The second kappa shape index (κ2) is 7.92. The molecule has 1 aliphatic heterocycles. The average Bonchev–Trinajstić information content (AvgIpc) is 3.13. The molecule has 0 saturated carbocycles. The van der Waals surface area contributed by atoms with Gasteiger partial charge in [-0.2, -0.15) is 0 Å². The van der Waals surface area contributed by atoms with E-state index < -0.39 is 0 Å². The summed E-state index contributed by atoms with van der Waals surface area (Å²) in [5.41, 5.74) is 3.61. The van der Waals surface area contributed by atoms with Crippen LogP contribution in [-0.2, 0) is 6.42 Å². The summed E-state index contributed by atoms with van der Waals surface area (Å²) >= 11 is 1.85. The monoisotopic (exact) mass is 364 g/mol. The Morgan fingerprint density at radius 3 is 2.38 bits per heavy atom. The molecule has 0 amide bonds. The molecule has 1 saturated heterocycles. The first-order valence-corrected chi connectivity index (χ1v) is 10.1. The maximum atomic E-state index is 5.31. The van der Waals surface area contributed by atoms with Gasteiger partial charge in [0.25, 0.3) is 0 Å². The molecule has 134 valence electrons. The first-order chi connectivity index (χ1) is 12.8. The largest absolute Gasteiger partial charge is 0.497 e. The van der Waals surface area contributed by atoms with Crippen molar-refractivity contribution in [2.24, 2.45) is 0 Å². The van der Waals surface area contributed by atoms with Crippen LogP contribution in [0.25, 0.3) is 11.3 Å². The van der Waals surface area contributed by atoms with Gasteiger partial charge >= 0.3 is 0 Å². The van der Waals surface area contributed by atoms with Crippen molar-refractivity contribution < 1.29 is 4.74 Å². The fourth-order valence-electron chi connectivity index (χ4n) is 3.44. The number of benzene rings is 2. The first kappa shape index (κ1) is 17.1. The molecule has 2 heterocycles. The van der Waals surface area contributed by atoms with Crippen LogP contribution in [0, 0.1) is 0 Å². The van der Waals surface area contributed by atoms with E-state index in [1.54, 1.807) is 7.11 Å². The number of aromatic nitrogens is 1. The number of hydrogen-bond acceptors (Lipinski definition) is 4. The number of ether oxygens (including phenoxy) is 1. The lowest BCUT2D eigenvalue weighted by atomic mass is 10.1. The highest BCUT2D eigenvalue weighted by Gasteiger charge is 2.19. The summed E-state index contributed by atoms with van der Waals surface area (Å²) in [5, 5.41) is 1.17. The van der Waals surface area contributed by atoms with E-state index >= 15 is 0 Å². The van der Waals surface area contributed by atoms with Crippen LogP contribution < -0.4 is 9.64 Å². The summed E-state index contributed by atoms with van der Waals surface area (Å²) in [6, 6.07) is 18.9. The van der Waals surface area contributed by atoms with Gasteiger partial charge in [-0.1, -0.05) is 30.3 Å². The quantitative estimate of drug-likeness (QED) is 0.606. The molecule has 0 bridgehead atoms. The lowest BCUT2D eigenvalue weighted by Crippen LogP contribution is -2.29. The van der Waals surface area contributed by atoms with Crippen molar-refractivity contribution in [3.8, 4) is 17.0 Å². The molecule has 0 spiro atoms. The maximum absolute atomic E-state index is 5.31. The highest BCUT2D eigenvalue weighted by Crippen LogP contribution is 2.36. The normalized spacial score (nSPS) is 14.4. The molecular weight excluding hydrogens is 340 g/mol. The first-order valence-electron chi connectivity index (χ1n) is 9.26. The summed E-state index contributed by atoms with van der Waals surface area (Å²) in [6.45, 7) is 2.25. The molecular formula is C22H24N2OS. The number of piperidine rings is 1. The fraction of sp³-hybridized carbons (Fsp3) is 0.318. The van der Waals surface area contributed by atoms with E-state index in [-0.39, 0.29) is 0 Å². The van der Waals surface area contributed by atoms with Gasteiger partial charge in [0.2, 0.25) is 0 Å². The van der Waals surface area contributed by atoms with Gasteiger partial charge in [-0.25, -0.2) is 4.98 Å². The predicted octanol–water partition coefficient (Wildman–Crippen LogP) is 5.40. The lowest BCUT2D eigenvalue weighted by molar-refractivity contribution is 0.415. The number of hydrogen-bond donors (Lipinski definition) is 0. The molecule has 0 N–H and O–H groups in total. The molecule has 0 atom stereocenters. The Morgan fingerprint density at radius 1 is 0.962 bits per heavy atom. The van der Waals surface area contributed by atoms with E-state index in [1.165, 1.54) is 34.8 Å². The van der Waals surface area contributed by atoms with Crippen LogP contribution >= 0.6 is 11.3 Å². The van der Waals surface area contributed by atoms with Crippen molar-refractivity contribution >= 4 is 16.5 Å². The van der Waals surface area contributed by atoms with Crippen LogP contribution in [0.2, 0.25) is 0 Å². The van der Waals surface area contributed by atoms with Crippen molar-refractivity contribution in [1.29, 1.82) is 0 Å². The van der Waals surface area contributed by atoms with Crippen LogP contribution in [0.4, 0.5) is 5.13 Å². The van der Waals surface area contributed by atoms with Gasteiger partial charge in [0.15, 0.2) is 5.13 Å². The Balaban J connectivity index is 1.70. The topological polar surface area (TPSA) is 25.4 Å². The summed E-state index contributed by atoms with van der Waals surface area (Å²) in [4.78, 5) is 8.85. The van der Waals surface area contributed by atoms with E-state index in [4.69, 9.17) is 9.72 Å². The number of anilines is 1. The Labute approximate surface area is 159 Å². The summed E-state index contributed by atoms with van der Waals surface area (Å²) in [5.74, 6) is 0.879. The Morgan fingerprint density at radius 2 is 1.69 bits per heavy atom. The Kier molecular flexibility index (Phi) is 5.21. The zero-order chi connectivity index (χ0) is 17.8. The molecule has 4 heteroatoms. The fourth-order valence-corrected chi connectivity index (χ4v) is 4.60. The highest BCUT2D eigenvalue weighted by atomic mass is 32.1. The molecule has 1 aliphatic rings. The Hall–Kier alpha value is -2.33. The minimum absolute atomic E-state index is 0.879.